The Morgan fingerprint density at radius 3 is 1.02 bits per heavy atom. The molecule has 0 N–H and O–H groups in total. The molecule has 6 amide bonds. The summed E-state index contributed by atoms with van der Waals surface area (Å²) in [7, 11) is 0. The maximum atomic E-state index is 14.4. The van der Waals surface area contributed by atoms with Gasteiger partial charge in [0.2, 0.25) is 0 Å². The second kappa shape index (κ2) is 12.9. The summed E-state index contributed by atoms with van der Waals surface area (Å²) in [4.78, 5) is 116. The maximum Gasteiger partial charge on any atom is 0.262 e. The van der Waals surface area contributed by atoms with E-state index in [1.165, 1.54) is 58.3 Å². The fraction of sp³-hybridized carbons (Fsp3) is 0.349. The summed E-state index contributed by atoms with van der Waals surface area (Å²) < 4.78 is 0. The summed E-state index contributed by atoms with van der Waals surface area (Å²) in [5, 5.41) is 0.697. The standard InChI is InChI=1S/C43H39N3O8/c1-5-7-9-11-21(3)44-38(49)25-15-13-23-31-24(14-16-26(32(25)31)39(44)50)37(48)35(36(23)47)46-42(53)29-19-17-27-33-28(18-20-30(34(29)33)43(46)54)41(52)45(40(27)51)22(4)12-10-8-6-2/h13-22,35H,5-12H2,1-4H3. The van der Waals surface area contributed by atoms with Crippen molar-refractivity contribution in [2.24, 2.45) is 0 Å². The lowest BCUT2D eigenvalue weighted by molar-refractivity contribution is 0.0469. The van der Waals surface area contributed by atoms with Crippen LogP contribution < -0.4 is 0 Å². The molecule has 0 bridgehead atoms. The molecule has 0 saturated carbocycles. The lowest BCUT2D eigenvalue weighted by atomic mass is 9.78. The number of nitrogens with zero attached hydrogens (tertiary/aromatic N) is 3. The number of benzene rings is 4. The molecule has 0 fully saturated rings. The third kappa shape index (κ3) is 4.79. The summed E-state index contributed by atoms with van der Waals surface area (Å²) in [5.74, 6) is -5.50. The van der Waals surface area contributed by atoms with E-state index in [-0.39, 0.29) is 78.1 Å². The number of hydrogen-bond acceptors (Lipinski definition) is 8. The Labute approximate surface area is 311 Å². The monoisotopic (exact) mass is 725 g/mol. The van der Waals surface area contributed by atoms with E-state index in [2.05, 4.69) is 13.8 Å². The van der Waals surface area contributed by atoms with Crippen molar-refractivity contribution in [2.45, 2.75) is 97.2 Å². The van der Waals surface area contributed by atoms with E-state index >= 15 is 0 Å². The molecule has 4 aromatic rings. The second-order valence-corrected chi connectivity index (χ2v) is 14.9. The first-order valence-electron chi connectivity index (χ1n) is 18.9. The Hall–Kier alpha value is -5.84. The fourth-order valence-corrected chi connectivity index (χ4v) is 8.85. The summed E-state index contributed by atoms with van der Waals surface area (Å²) >= 11 is 0. The summed E-state index contributed by atoms with van der Waals surface area (Å²) in [6.45, 7) is 7.80. The summed E-state index contributed by atoms with van der Waals surface area (Å²) in [5.41, 5.74) is 0.776. The van der Waals surface area contributed by atoms with Crippen LogP contribution in [0.15, 0.2) is 48.5 Å². The Morgan fingerprint density at radius 1 is 0.426 bits per heavy atom. The third-order valence-corrected chi connectivity index (χ3v) is 11.6. The second-order valence-electron chi connectivity index (χ2n) is 14.9. The van der Waals surface area contributed by atoms with Crippen LogP contribution in [0.1, 0.15) is 162 Å². The van der Waals surface area contributed by atoms with Gasteiger partial charge >= 0.3 is 0 Å². The largest absolute Gasteiger partial charge is 0.291 e. The molecule has 11 heteroatoms. The topological polar surface area (TPSA) is 146 Å². The normalized spacial score (nSPS) is 17.8. The zero-order chi connectivity index (χ0) is 38.3. The van der Waals surface area contributed by atoms with E-state index in [9.17, 15) is 38.4 Å². The van der Waals surface area contributed by atoms with E-state index < -0.39 is 53.1 Å². The van der Waals surface area contributed by atoms with Gasteiger partial charge in [-0.05, 0) is 75.2 Å². The molecule has 8 rings (SSSR count). The van der Waals surface area contributed by atoms with Gasteiger partial charge in [0.05, 0.1) is 0 Å². The molecule has 2 atom stereocenters. The highest BCUT2D eigenvalue weighted by Crippen LogP contribution is 2.43. The summed E-state index contributed by atoms with van der Waals surface area (Å²) in [6, 6.07) is 8.92. The number of amides is 6. The Balaban J connectivity index is 1.17. The van der Waals surface area contributed by atoms with Crippen molar-refractivity contribution in [2.75, 3.05) is 0 Å². The predicted molar refractivity (Wildman–Crippen MR) is 199 cm³/mol. The van der Waals surface area contributed by atoms with Crippen molar-refractivity contribution in [1.29, 1.82) is 0 Å². The van der Waals surface area contributed by atoms with E-state index in [4.69, 9.17) is 0 Å². The van der Waals surface area contributed by atoms with Gasteiger partial charge in [0.25, 0.3) is 35.4 Å². The van der Waals surface area contributed by atoms with Gasteiger partial charge in [-0.15, -0.1) is 0 Å². The number of rotatable bonds is 11. The average molecular weight is 726 g/mol. The number of unbranched alkanes of at least 4 members (excludes halogenated alkanes) is 4. The highest BCUT2D eigenvalue weighted by Gasteiger charge is 2.50. The van der Waals surface area contributed by atoms with Crippen LogP contribution in [0.4, 0.5) is 0 Å². The van der Waals surface area contributed by atoms with Crippen molar-refractivity contribution >= 4 is 68.6 Å². The number of Topliss-reactive ketones (excluding diaryl/α,β-unsaturated/α-hetero) is 2. The van der Waals surface area contributed by atoms with Crippen LogP contribution >= 0.6 is 0 Å². The molecule has 54 heavy (non-hydrogen) atoms. The quantitative estimate of drug-likeness (QED) is 0.0899. The number of hydrogen-bond donors (Lipinski definition) is 0. The van der Waals surface area contributed by atoms with Gasteiger partial charge in [-0.1, -0.05) is 52.4 Å². The van der Waals surface area contributed by atoms with Gasteiger partial charge in [0, 0.05) is 78.1 Å². The first kappa shape index (κ1) is 35.2. The zero-order valence-corrected chi connectivity index (χ0v) is 30.6. The Kier molecular flexibility index (Phi) is 8.43. The lowest BCUT2D eigenvalue weighted by Gasteiger charge is -2.37. The minimum Gasteiger partial charge on any atom is -0.291 e. The number of carbonyl (C=O) groups is 8. The van der Waals surface area contributed by atoms with Crippen LogP contribution in [0.5, 0.6) is 0 Å². The van der Waals surface area contributed by atoms with E-state index in [1.54, 1.807) is 0 Å². The highest BCUT2D eigenvalue weighted by atomic mass is 16.2. The molecule has 1 aliphatic carbocycles. The van der Waals surface area contributed by atoms with Gasteiger partial charge in [-0.2, -0.15) is 0 Å². The number of ketones is 2. The van der Waals surface area contributed by atoms with Crippen LogP contribution in [0, 0.1) is 0 Å². The predicted octanol–water partition coefficient (Wildman–Crippen LogP) is 7.17. The molecular weight excluding hydrogens is 686 g/mol. The van der Waals surface area contributed by atoms with Gasteiger partial charge in [0.1, 0.15) is 0 Å². The third-order valence-electron chi connectivity index (χ3n) is 11.6. The van der Waals surface area contributed by atoms with E-state index in [0.29, 0.717) is 17.7 Å². The van der Waals surface area contributed by atoms with Gasteiger partial charge in [-0.25, -0.2) is 0 Å². The van der Waals surface area contributed by atoms with Gasteiger partial charge in [-0.3, -0.25) is 53.1 Å². The Morgan fingerprint density at radius 2 is 0.704 bits per heavy atom. The molecule has 3 aliphatic heterocycles. The van der Waals surface area contributed by atoms with Crippen LogP contribution in [0.25, 0.3) is 21.5 Å². The molecule has 0 radical (unpaired) electrons. The molecule has 274 valence electrons. The lowest BCUT2D eigenvalue weighted by Crippen LogP contribution is -2.55. The zero-order valence-electron chi connectivity index (χ0n) is 30.6. The van der Waals surface area contributed by atoms with Gasteiger partial charge in [0.15, 0.2) is 17.6 Å². The Bertz CT molecular complexity index is 2140. The fourth-order valence-electron chi connectivity index (χ4n) is 8.85. The van der Waals surface area contributed by atoms with Crippen molar-refractivity contribution in [3.8, 4) is 0 Å². The molecule has 4 aromatic carbocycles. The van der Waals surface area contributed by atoms with E-state index in [1.807, 2.05) is 13.8 Å². The van der Waals surface area contributed by atoms with E-state index in [0.717, 1.165) is 38.5 Å². The van der Waals surface area contributed by atoms with Gasteiger partial charge < -0.3 is 0 Å². The number of imide groups is 3. The maximum absolute atomic E-state index is 14.4. The van der Waals surface area contributed by atoms with Crippen molar-refractivity contribution < 1.29 is 38.4 Å². The molecular formula is C43H39N3O8. The van der Waals surface area contributed by atoms with Crippen molar-refractivity contribution in [3.63, 3.8) is 0 Å². The van der Waals surface area contributed by atoms with Crippen LogP contribution in [0.2, 0.25) is 0 Å². The van der Waals surface area contributed by atoms with Crippen molar-refractivity contribution in [1.82, 2.24) is 14.7 Å². The molecule has 3 heterocycles. The highest BCUT2D eigenvalue weighted by molar-refractivity contribution is 6.40. The van der Waals surface area contributed by atoms with Crippen LogP contribution in [0.3, 0.4) is 0 Å². The first-order chi connectivity index (χ1) is 25.9. The average Bonchev–Trinajstić information content (AvgIpc) is 3.15. The molecule has 0 saturated heterocycles. The SMILES string of the molecule is CCCCCC(C)N1C(=O)c2ccc3c4c(ccc(c24)C1=O)C(=O)C(N1C(=O)c2ccc4c5c(ccc(c25)C1=O)C(=O)N(C(C)CCCCC)C4=O)C3=O. The smallest absolute Gasteiger partial charge is 0.262 e. The minimum absolute atomic E-state index is 0.0150. The van der Waals surface area contributed by atoms with Crippen LogP contribution in [-0.4, -0.2) is 79.8 Å². The van der Waals surface area contributed by atoms with Crippen LogP contribution in [-0.2, 0) is 0 Å². The molecule has 0 aromatic heterocycles. The minimum atomic E-state index is -1.86. The molecule has 11 nitrogen and oxygen atoms in total. The first-order valence-corrected chi connectivity index (χ1v) is 18.9. The molecule has 0 spiro atoms. The number of carbonyl (C=O) groups excluding carboxylic acids is 8. The van der Waals surface area contributed by atoms with Crippen molar-refractivity contribution in [3.05, 3.63) is 93.0 Å². The molecule has 2 unspecified atom stereocenters. The molecule has 4 aliphatic rings. The summed E-state index contributed by atoms with van der Waals surface area (Å²) in [6.07, 6.45) is 6.88.